The van der Waals surface area contributed by atoms with Gasteiger partial charge in [-0.15, -0.1) is 0 Å². The summed E-state index contributed by atoms with van der Waals surface area (Å²) in [5.41, 5.74) is 0.769. The number of nitrogens with zero attached hydrogens (tertiary/aromatic N) is 2. The predicted molar refractivity (Wildman–Crippen MR) is 41.3 cm³/mol. The summed E-state index contributed by atoms with van der Waals surface area (Å²) in [6.45, 7) is 0. The zero-order valence-corrected chi connectivity index (χ0v) is 6.62. The lowest BCUT2D eigenvalue weighted by molar-refractivity contribution is 0.322. The van der Waals surface area contributed by atoms with Gasteiger partial charge in [0, 0.05) is 11.8 Å². The summed E-state index contributed by atoms with van der Waals surface area (Å²) in [6.07, 6.45) is 2.92. The molecule has 0 saturated carbocycles. The first-order chi connectivity index (χ1) is 4.83. The second kappa shape index (κ2) is 3.31. The Hall–Kier alpha value is -0.900. The maximum atomic E-state index is 8.12. The van der Waals surface area contributed by atoms with Gasteiger partial charge in [-0.05, 0) is 28.1 Å². The van der Waals surface area contributed by atoms with E-state index >= 15 is 0 Å². The highest BCUT2D eigenvalue weighted by molar-refractivity contribution is 9.10. The van der Waals surface area contributed by atoms with Gasteiger partial charge in [-0.25, -0.2) is 4.98 Å². The molecule has 1 N–H and O–H groups in total. The van der Waals surface area contributed by atoms with Gasteiger partial charge in [0.1, 0.15) is 4.60 Å². The second-order valence-electron chi connectivity index (χ2n) is 1.66. The van der Waals surface area contributed by atoms with Crippen LogP contribution in [0.4, 0.5) is 0 Å². The van der Waals surface area contributed by atoms with Gasteiger partial charge in [-0.3, -0.25) is 0 Å². The van der Waals surface area contributed by atoms with E-state index in [1.165, 1.54) is 6.21 Å². The second-order valence-corrected chi connectivity index (χ2v) is 2.47. The van der Waals surface area contributed by atoms with Crippen molar-refractivity contribution in [2.45, 2.75) is 0 Å². The van der Waals surface area contributed by atoms with E-state index in [9.17, 15) is 0 Å². The van der Waals surface area contributed by atoms with Crippen LogP contribution in [0.2, 0.25) is 0 Å². The average molecular weight is 201 g/mol. The van der Waals surface area contributed by atoms with Gasteiger partial charge >= 0.3 is 0 Å². The van der Waals surface area contributed by atoms with Gasteiger partial charge in [0.2, 0.25) is 0 Å². The van der Waals surface area contributed by atoms with Gasteiger partial charge in [-0.2, -0.15) is 0 Å². The van der Waals surface area contributed by atoms with Crippen molar-refractivity contribution in [2.24, 2.45) is 5.16 Å². The van der Waals surface area contributed by atoms with Crippen molar-refractivity contribution in [3.8, 4) is 0 Å². The van der Waals surface area contributed by atoms with E-state index in [0.29, 0.717) is 0 Å². The number of oxime groups is 1. The maximum absolute atomic E-state index is 8.12. The minimum absolute atomic E-state index is 0.766. The highest BCUT2D eigenvalue weighted by Crippen LogP contribution is 2.04. The first kappa shape index (κ1) is 7.21. The third kappa shape index (κ3) is 1.80. The van der Waals surface area contributed by atoms with Crippen LogP contribution in [0.1, 0.15) is 5.56 Å². The first-order valence-corrected chi connectivity index (χ1v) is 3.41. The molecule has 1 aromatic rings. The van der Waals surface area contributed by atoms with E-state index in [1.54, 1.807) is 18.3 Å². The molecule has 1 aromatic heterocycles. The van der Waals surface area contributed by atoms with Crippen LogP contribution in [0, 0.1) is 0 Å². The Balaban J connectivity index is 2.89. The Bertz CT molecular complexity index is 232. The Morgan fingerprint density at radius 3 is 2.90 bits per heavy atom. The number of hydrogen-bond donors (Lipinski definition) is 1. The Kier molecular flexibility index (Phi) is 2.39. The molecular formula is C6H5BrN2O. The zero-order valence-electron chi connectivity index (χ0n) is 5.03. The molecular weight excluding hydrogens is 196 g/mol. The van der Waals surface area contributed by atoms with Crippen molar-refractivity contribution < 1.29 is 5.21 Å². The predicted octanol–water partition coefficient (Wildman–Crippen LogP) is 1.65. The molecule has 0 radical (unpaired) electrons. The van der Waals surface area contributed by atoms with E-state index in [1.807, 2.05) is 0 Å². The summed E-state index contributed by atoms with van der Waals surface area (Å²) >= 11 is 3.18. The summed E-state index contributed by atoms with van der Waals surface area (Å²) in [5, 5.41) is 11.0. The average Bonchev–Trinajstić information content (AvgIpc) is 1.95. The maximum Gasteiger partial charge on any atom is 0.106 e. The third-order valence-corrected chi connectivity index (χ3v) is 1.43. The van der Waals surface area contributed by atoms with E-state index in [2.05, 4.69) is 26.1 Å². The Morgan fingerprint density at radius 1 is 1.60 bits per heavy atom. The van der Waals surface area contributed by atoms with E-state index in [-0.39, 0.29) is 0 Å². The summed E-state index contributed by atoms with van der Waals surface area (Å²) in [7, 11) is 0. The fraction of sp³-hybridized carbons (Fsp3) is 0. The van der Waals surface area contributed by atoms with Crippen molar-refractivity contribution >= 4 is 22.1 Å². The van der Waals surface area contributed by atoms with E-state index in [4.69, 9.17) is 5.21 Å². The summed E-state index contributed by atoms with van der Waals surface area (Å²) in [6, 6.07) is 3.56. The molecule has 0 amide bonds. The van der Waals surface area contributed by atoms with Crippen LogP contribution in [0.15, 0.2) is 28.1 Å². The molecule has 1 rings (SSSR count). The number of halogens is 1. The van der Waals surface area contributed by atoms with Gasteiger partial charge < -0.3 is 5.21 Å². The quantitative estimate of drug-likeness (QED) is 0.325. The highest BCUT2D eigenvalue weighted by atomic mass is 79.9. The first-order valence-electron chi connectivity index (χ1n) is 2.62. The monoisotopic (exact) mass is 200 g/mol. The number of hydrogen-bond acceptors (Lipinski definition) is 3. The number of aromatic nitrogens is 1. The molecule has 0 aliphatic carbocycles. The molecule has 0 atom stereocenters. The number of pyridine rings is 1. The fourth-order valence-electron chi connectivity index (χ4n) is 0.530. The highest BCUT2D eigenvalue weighted by Gasteiger charge is 1.87. The normalized spacial score (nSPS) is 10.5. The Morgan fingerprint density at radius 2 is 2.40 bits per heavy atom. The van der Waals surface area contributed by atoms with Crippen LogP contribution >= 0.6 is 15.9 Å². The van der Waals surface area contributed by atoms with Crippen molar-refractivity contribution in [3.63, 3.8) is 0 Å². The molecule has 1 heterocycles. The number of rotatable bonds is 1. The van der Waals surface area contributed by atoms with Crippen molar-refractivity contribution in [2.75, 3.05) is 0 Å². The smallest absolute Gasteiger partial charge is 0.106 e. The fourth-order valence-corrected chi connectivity index (χ4v) is 0.765. The van der Waals surface area contributed by atoms with Crippen molar-refractivity contribution in [1.29, 1.82) is 0 Å². The van der Waals surface area contributed by atoms with Gasteiger partial charge in [0.25, 0.3) is 0 Å². The Labute approximate surface area is 66.5 Å². The molecule has 10 heavy (non-hydrogen) atoms. The molecule has 0 spiro atoms. The zero-order chi connectivity index (χ0) is 7.40. The van der Waals surface area contributed by atoms with Crippen LogP contribution in [0.5, 0.6) is 0 Å². The lowest BCUT2D eigenvalue weighted by atomic mass is 10.3. The van der Waals surface area contributed by atoms with E-state index < -0.39 is 0 Å². The molecule has 52 valence electrons. The van der Waals surface area contributed by atoms with Gasteiger partial charge in [-0.1, -0.05) is 5.16 Å². The molecule has 0 fully saturated rings. The molecule has 0 unspecified atom stereocenters. The SMILES string of the molecule is O/N=C\c1ccc(Br)nc1. The summed E-state index contributed by atoms with van der Waals surface area (Å²) in [5.74, 6) is 0. The minimum Gasteiger partial charge on any atom is -0.411 e. The lowest BCUT2D eigenvalue weighted by Gasteiger charge is -1.89. The molecule has 4 heteroatoms. The van der Waals surface area contributed by atoms with Crippen LogP contribution in [-0.4, -0.2) is 16.4 Å². The van der Waals surface area contributed by atoms with Crippen molar-refractivity contribution in [1.82, 2.24) is 4.98 Å². The van der Waals surface area contributed by atoms with Crippen molar-refractivity contribution in [3.05, 3.63) is 28.5 Å². The lowest BCUT2D eigenvalue weighted by Crippen LogP contribution is -1.82. The topological polar surface area (TPSA) is 45.5 Å². The molecule has 0 aliphatic heterocycles. The van der Waals surface area contributed by atoms with Crippen LogP contribution in [-0.2, 0) is 0 Å². The van der Waals surface area contributed by atoms with Gasteiger partial charge in [0.05, 0.1) is 6.21 Å². The van der Waals surface area contributed by atoms with Crippen LogP contribution in [0.25, 0.3) is 0 Å². The molecule has 0 bridgehead atoms. The standard InChI is InChI=1S/C6H5BrN2O/c7-6-2-1-5(3-8-6)4-9-10/h1-4,10H/b9-4-. The van der Waals surface area contributed by atoms with Crippen LogP contribution in [0.3, 0.4) is 0 Å². The summed E-state index contributed by atoms with van der Waals surface area (Å²) < 4.78 is 0.766. The molecule has 0 aliphatic rings. The molecule has 0 saturated heterocycles. The van der Waals surface area contributed by atoms with E-state index in [0.717, 1.165) is 10.2 Å². The van der Waals surface area contributed by atoms with Crippen LogP contribution < -0.4 is 0 Å². The summed E-state index contributed by atoms with van der Waals surface area (Å²) in [4.78, 5) is 3.91. The third-order valence-electron chi connectivity index (χ3n) is 0.957. The molecule has 3 nitrogen and oxygen atoms in total. The minimum atomic E-state index is 0.766. The largest absolute Gasteiger partial charge is 0.411 e. The van der Waals surface area contributed by atoms with Gasteiger partial charge in [0.15, 0.2) is 0 Å². The molecule has 0 aromatic carbocycles.